The Morgan fingerprint density at radius 2 is 2.04 bits per heavy atom. The van der Waals surface area contributed by atoms with E-state index in [9.17, 15) is 4.79 Å². The third kappa shape index (κ3) is 3.28. The van der Waals surface area contributed by atoms with Gasteiger partial charge in [-0.15, -0.1) is 0 Å². The highest BCUT2D eigenvalue weighted by atomic mass is 16.1. The van der Waals surface area contributed by atoms with Crippen LogP contribution in [0.2, 0.25) is 0 Å². The number of nitrogens with one attached hydrogen (secondary N) is 1. The Balaban J connectivity index is 1.51. The lowest BCUT2D eigenvalue weighted by molar-refractivity contribution is 0.241. The van der Waals surface area contributed by atoms with Crippen LogP contribution in [-0.2, 0) is 26.6 Å². The van der Waals surface area contributed by atoms with Gasteiger partial charge < -0.3 is 4.90 Å². The third-order valence-electron chi connectivity index (χ3n) is 5.95. The second-order valence-corrected chi connectivity index (χ2v) is 7.82. The van der Waals surface area contributed by atoms with E-state index in [0.29, 0.717) is 6.54 Å². The fraction of sp³-hybridized carbons (Fsp3) is 0.632. The van der Waals surface area contributed by atoms with Gasteiger partial charge in [0.15, 0.2) is 0 Å². The van der Waals surface area contributed by atoms with Crippen molar-refractivity contribution in [1.82, 2.24) is 24.6 Å². The SMILES string of the molecule is Cc1c(CN2CCc3nc(N4CCC(C)CC4)[nH]c(=O)c3C2)cnn1C. The predicted molar refractivity (Wildman–Crippen MR) is 101 cm³/mol. The van der Waals surface area contributed by atoms with Gasteiger partial charge in [-0.2, -0.15) is 5.10 Å². The van der Waals surface area contributed by atoms with Crippen LogP contribution in [0, 0.1) is 12.8 Å². The van der Waals surface area contributed by atoms with Gasteiger partial charge in [0, 0.05) is 57.4 Å². The van der Waals surface area contributed by atoms with Crippen LogP contribution < -0.4 is 10.5 Å². The lowest BCUT2D eigenvalue weighted by Crippen LogP contribution is -2.39. The second kappa shape index (κ2) is 6.87. The number of piperidine rings is 1. The zero-order valence-corrected chi connectivity index (χ0v) is 16.0. The maximum Gasteiger partial charge on any atom is 0.257 e. The zero-order valence-electron chi connectivity index (χ0n) is 16.0. The molecule has 2 aromatic rings. The first-order valence-corrected chi connectivity index (χ1v) is 9.58. The number of nitrogens with zero attached hydrogens (tertiary/aromatic N) is 5. The van der Waals surface area contributed by atoms with E-state index in [1.165, 1.54) is 24.1 Å². The lowest BCUT2D eigenvalue weighted by atomic mass is 9.99. The van der Waals surface area contributed by atoms with Crippen LogP contribution in [0.4, 0.5) is 5.95 Å². The number of aryl methyl sites for hydroxylation is 1. The Labute approximate surface area is 154 Å². The van der Waals surface area contributed by atoms with Crippen molar-refractivity contribution in [2.75, 3.05) is 24.5 Å². The van der Waals surface area contributed by atoms with E-state index in [2.05, 4.69) is 33.7 Å². The summed E-state index contributed by atoms with van der Waals surface area (Å²) in [5.74, 6) is 1.53. The number of aromatic amines is 1. The van der Waals surface area contributed by atoms with Gasteiger partial charge in [0.25, 0.3) is 5.56 Å². The average molecular weight is 356 g/mol. The summed E-state index contributed by atoms with van der Waals surface area (Å²) in [6, 6.07) is 0. The molecule has 0 amide bonds. The molecule has 4 rings (SSSR count). The number of hydrogen-bond acceptors (Lipinski definition) is 5. The Hall–Kier alpha value is -2.15. The average Bonchev–Trinajstić information content (AvgIpc) is 2.95. The van der Waals surface area contributed by atoms with Crippen LogP contribution in [0.1, 0.15) is 42.3 Å². The second-order valence-electron chi connectivity index (χ2n) is 7.82. The summed E-state index contributed by atoms with van der Waals surface area (Å²) in [5.41, 5.74) is 4.22. The van der Waals surface area contributed by atoms with Crippen LogP contribution in [0.5, 0.6) is 0 Å². The molecular weight excluding hydrogens is 328 g/mol. The molecule has 2 aliphatic heterocycles. The van der Waals surface area contributed by atoms with Crippen molar-refractivity contribution in [2.45, 2.75) is 46.2 Å². The standard InChI is InChI=1S/C19H28N6O/c1-13-4-8-25(9-5-13)19-21-17-6-7-24(12-16(17)18(26)22-19)11-15-10-20-23(3)14(15)2/h10,13H,4-9,11-12H2,1-3H3,(H,21,22,26). The van der Waals surface area contributed by atoms with E-state index in [1.807, 2.05) is 17.9 Å². The molecule has 2 aliphatic rings. The molecule has 0 aromatic carbocycles. The molecule has 2 aromatic heterocycles. The highest BCUT2D eigenvalue weighted by Gasteiger charge is 2.24. The Bertz CT molecular complexity index is 846. The van der Waals surface area contributed by atoms with Crippen molar-refractivity contribution < 1.29 is 0 Å². The number of hydrogen-bond donors (Lipinski definition) is 1. The van der Waals surface area contributed by atoms with Gasteiger partial charge in [-0.1, -0.05) is 6.92 Å². The molecule has 0 radical (unpaired) electrons. The first kappa shape index (κ1) is 17.3. The minimum atomic E-state index is 0.0243. The monoisotopic (exact) mass is 356 g/mol. The Morgan fingerprint density at radius 3 is 2.73 bits per heavy atom. The molecule has 0 atom stereocenters. The molecule has 1 fully saturated rings. The fourth-order valence-electron chi connectivity index (χ4n) is 3.91. The predicted octanol–water partition coefficient (Wildman–Crippen LogP) is 1.61. The summed E-state index contributed by atoms with van der Waals surface area (Å²) >= 11 is 0. The highest BCUT2D eigenvalue weighted by molar-refractivity contribution is 5.35. The maximum atomic E-state index is 12.7. The van der Waals surface area contributed by atoms with E-state index in [0.717, 1.165) is 55.7 Å². The molecule has 0 bridgehead atoms. The van der Waals surface area contributed by atoms with Crippen LogP contribution in [0.15, 0.2) is 11.0 Å². The molecule has 140 valence electrons. The first-order valence-electron chi connectivity index (χ1n) is 9.58. The molecular formula is C19H28N6O. The van der Waals surface area contributed by atoms with Gasteiger partial charge in [0.1, 0.15) is 0 Å². The van der Waals surface area contributed by atoms with E-state index in [4.69, 9.17) is 4.98 Å². The van der Waals surface area contributed by atoms with E-state index >= 15 is 0 Å². The quantitative estimate of drug-likeness (QED) is 0.905. The van der Waals surface area contributed by atoms with Gasteiger partial charge in [0.2, 0.25) is 5.95 Å². The molecule has 26 heavy (non-hydrogen) atoms. The van der Waals surface area contributed by atoms with Crippen molar-refractivity contribution in [2.24, 2.45) is 13.0 Å². The summed E-state index contributed by atoms with van der Waals surface area (Å²) in [4.78, 5) is 25.1. The zero-order chi connectivity index (χ0) is 18.3. The smallest absolute Gasteiger partial charge is 0.257 e. The van der Waals surface area contributed by atoms with Crippen molar-refractivity contribution >= 4 is 5.95 Å². The number of H-pyrrole nitrogens is 1. The largest absolute Gasteiger partial charge is 0.342 e. The minimum Gasteiger partial charge on any atom is -0.342 e. The van der Waals surface area contributed by atoms with Gasteiger partial charge >= 0.3 is 0 Å². The molecule has 7 nitrogen and oxygen atoms in total. The molecule has 7 heteroatoms. The molecule has 4 heterocycles. The van der Waals surface area contributed by atoms with Crippen molar-refractivity contribution in [3.63, 3.8) is 0 Å². The van der Waals surface area contributed by atoms with Crippen molar-refractivity contribution in [3.8, 4) is 0 Å². The summed E-state index contributed by atoms with van der Waals surface area (Å²) < 4.78 is 1.90. The number of anilines is 1. The van der Waals surface area contributed by atoms with Crippen molar-refractivity contribution in [3.05, 3.63) is 39.1 Å². The van der Waals surface area contributed by atoms with Crippen LogP contribution >= 0.6 is 0 Å². The van der Waals surface area contributed by atoms with E-state index in [-0.39, 0.29) is 5.56 Å². The molecule has 0 saturated carbocycles. The van der Waals surface area contributed by atoms with Crippen LogP contribution in [-0.4, -0.2) is 44.3 Å². The normalized spacial score (nSPS) is 19.0. The first-order chi connectivity index (χ1) is 12.5. The number of aromatic nitrogens is 4. The van der Waals surface area contributed by atoms with Crippen molar-refractivity contribution in [1.29, 1.82) is 0 Å². The fourth-order valence-corrected chi connectivity index (χ4v) is 3.91. The molecule has 1 saturated heterocycles. The lowest BCUT2D eigenvalue weighted by Gasteiger charge is -2.32. The molecule has 0 aliphatic carbocycles. The Kier molecular flexibility index (Phi) is 4.56. The number of rotatable bonds is 3. The van der Waals surface area contributed by atoms with E-state index < -0.39 is 0 Å². The molecule has 0 spiro atoms. The number of fused-ring (bicyclic) bond motifs is 1. The third-order valence-corrected chi connectivity index (χ3v) is 5.95. The van der Waals surface area contributed by atoms with E-state index in [1.54, 1.807) is 0 Å². The molecule has 0 unspecified atom stereocenters. The highest BCUT2D eigenvalue weighted by Crippen LogP contribution is 2.22. The van der Waals surface area contributed by atoms with Gasteiger partial charge in [-0.05, 0) is 25.7 Å². The van der Waals surface area contributed by atoms with Gasteiger partial charge in [-0.3, -0.25) is 19.4 Å². The minimum absolute atomic E-state index is 0.0243. The van der Waals surface area contributed by atoms with Gasteiger partial charge in [0.05, 0.1) is 17.5 Å². The summed E-state index contributed by atoms with van der Waals surface area (Å²) in [7, 11) is 1.96. The summed E-state index contributed by atoms with van der Waals surface area (Å²) in [5, 5.41) is 4.32. The summed E-state index contributed by atoms with van der Waals surface area (Å²) in [6.45, 7) is 8.74. The maximum absolute atomic E-state index is 12.7. The Morgan fingerprint density at radius 1 is 1.27 bits per heavy atom. The van der Waals surface area contributed by atoms with Gasteiger partial charge in [-0.25, -0.2) is 4.98 Å². The van der Waals surface area contributed by atoms with Crippen LogP contribution in [0.3, 0.4) is 0 Å². The summed E-state index contributed by atoms with van der Waals surface area (Å²) in [6.07, 6.45) is 5.08. The topological polar surface area (TPSA) is 70.1 Å². The van der Waals surface area contributed by atoms with Crippen LogP contribution in [0.25, 0.3) is 0 Å². The molecule has 1 N–H and O–H groups in total.